The Bertz CT molecular complexity index is 984. The molecule has 0 saturated heterocycles. The molecule has 0 saturated carbocycles. The summed E-state index contributed by atoms with van der Waals surface area (Å²) in [5, 5.41) is 2.70. The zero-order valence-electron chi connectivity index (χ0n) is 13.6. The molecule has 5 nitrogen and oxygen atoms in total. The number of methoxy groups -OCH3 is 1. The van der Waals surface area contributed by atoms with Crippen LogP contribution in [0.25, 0.3) is 11.3 Å². The molecular weight excluding hydrogens is 347 g/mol. The first-order chi connectivity index (χ1) is 12.3. The van der Waals surface area contributed by atoms with E-state index in [1.807, 2.05) is 0 Å². The Morgan fingerprint density at radius 3 is 2.58 bits per heavy atom. The van der Waals surface area contributed by atoms with Crippen LogP contribution in [0.1, 0.15) is 5.56 Å². The maximum atomic E-state index is 12.8. The van der Waals surface area contributed by atoms with Crippen LogP contribution in [0, 0.1) is 0 Å². The molecule has 0 aliphatic heterocycles. The number of hydrogen-bond donors (Lipinski definition) is 2. The van der Waals surface area contributed by atoms with Gasteiger partial charge >= 0.3 is 6.18 Å². The second kappa shape index (κ2) is 6.91. The van der Waals surface area contributed by atoms with Gasteiger partial charge in [-0.05, 0) is 30.3 Å². The van der Waals surface area contributed by atoms with Crippen LogP contribution in [0.3, 0.4) is 0 Å². The lowest BCUT2D eigenvalue weighted by Gasteiger charge is -2.11. The number of alkyl halides is 3. The summed E-state index contributed by atoms with van der Waals surface area (Å²) >= 11 is 0. The average Bonchev–Trinajstić information content (AvgIpc) is 2.61. The predicted octanol–water partition coefficient (Wildman–Crippen LogP) is 4.21. The van der Waals surface area contributed by atoms with Crippen molar-refractivity contribution < 1.29 is 17.9 Å². The molecule has 2 N–H and O–H groups in total. The normalized spacial score (nSPS) is 11.2. The van der Waals surface area contributed by atoms with Crippen molar-refractivity contribution in [3.63, 3.8) is 0 Å². The monoisotopic (exact) mass is 361 g/mol. The fourth-order valence-corrected chi connectivity index (χ4v) is 2.36. The number of anilines is 2. The number of nitrogens with zero attached hydrogens (tertiary/aromatic N) is 1. The van der Waals surface area contributed by atoms with E-state index >= 15 is 0 Å². The van der Waals surface area contributed by atoms with Crippen molar-refractivity contribution in [3.05, 3.63) is 70.5 Å². The van der Waals surface area contributed by atoms with Crippen molar-refractivity contribution in [2.45, 2.75) is 6.18 Å². The van der Waals surface area contributed by atoms with Crippen molar-refractivity contribution in [2.75, 3.05) is 12.4 Å². The topological polar surface area (TPSA) is 67.0 Å². The summed E-state index contributed by atoms with van der Waals surface area (Å²) in [5.41, 5.74) is -0.0727. The van der Waals surface area contributed by atoms with Crippen LogP contribution >= 0.6 is 0 Å². The van der Waals surface area contributed by atoms with Gasteiger partial charge in [0.1, 0.15) is 5.75 Å². The third kappa shape index (κ3) is 4.02. The number of rotatable bonds is 4. The molecule has 2 aromatic carbocycles. The van der Waals surface area contributed by atoms with Gasteiger partial charge < -0.3 is 10.1 Å². The van der Waals surface area contributed by atoms with Crippen LogP contribution in [0.4, 0.5) is 24.8 Å². The summed E-state index contributed by atoms with van der Waals surface area (Å²) in [6.07, 6.45) is -4.46. The zero-order valence-corrected chi connectivity index (χ0v) is 13.6. The first-order valence-corrected chi connectivity index (χ1v) is 7.55. The van der Waals surface area contributed by atoms with E-state index in [2.05, 4.69) is 15.3 Å². The lowest BCUT2D eigenvalue weighted by Crippen LogP contribution is -2.11. The maximum absolute atomic E-state index is 12.8. The zero-order chi connectivity index (χ0) is 18.7. The van der Waals surface area contributed by atoms with Crippen molar-refractivity contribution >= 4 is 11.6 Å². The number of nitrogens with one attached hydrogen (secondary N) is 2. The largest absolute Gasteiger partial charge is 0.497 e. The third-order valence-electron chi connectivity index (χ3n) is 3.56. The molecule has 0 bridgehead atoms. The van der Waals surface area contributed by atoms with Crippen LogP contribution in [0.2, 0.25) is 0 Å². The quantitative estimate of drug-likeness (QED) is 0.731. The van der Waals surface area contributed by atoms with Crippen molar-refractivity contribution in [3.8, 4) is 17.0 Å². The summed E-state index contributed by atoms with van der Waals surface area (Å²) in [5.74, 6) is 0.631. The van der Waals surface area contributed by atoms with Crippen molar-refractivity contribution in [2.24, 2.45) is 0 Å². The summed E-state index contributed by atoms with van der Waals surface area (Å²) in [6.45, 7) is 0. The van der Waals surface area contributed by atoms with Gasteiger partial charge in [-0.3, -0.25) is 9.78 Å². The maximum Gasteiger partial charge on any atom is 0.416 e. The van der Waals surface area contributed by atoms with Gasteiger partial charge in [-0.25, -0.2) is 4.98 Å². The van der Waals surface area contributed by atoms with Gasteiger partial charge in [0.2, 0.25) is 5.95 Å². The van der Waals surface area contributed by atoms with Crippen LogP contribution in [-0.4, -0.2) is 17.1 Å². The highest BCUT2D eigenvalue weighted by molar-refractivity contribution is 5.63. The number of ether oxygens (including phenoxy) is 1. The van der Waals surface area contributed by atoms with E-state index < -0.39 is 17.3 Å². The van der Waals surface area contributed by atoms with E-state index in [1.165, 1.54) is 25.3 Å². The second-order valence-electron chi connectivity index (χ2n) is 5.41. The van der Waals surface area contributed by atoms with E-state index in [0.29, 0.717) is 17.0 Å². The number of aromatic amines is 1. The first kappa shape index (κ1) is 17.5. The lowest BCUT2D eigenvalue weighted by atomic mass is 10.1. The summed E-state index contributed by atoms with van der Waals surface area (Å²) in [7, 11) is 1.52. The fourth-order valence-electron chi connectivity index (χ4n) is 2.36. The molecular formula is C18H14F3N3O2. The molecule has 134 valence electrons. The van der Waals surface area contributed by atoms with Gasteiger partial charge in [-0.1, -0.05) is 18.2 Å². The minimum Gasteiger partial charge on any atom is -0.497 e. The van der Waals surface area contributed by atoms with Gasteiger partial charge in [-0.15, -0.1) is 0 Å². The van der Waals surface area contributed by atoms with Crippen molar-refractivity contribution in [1.82, 2.24) is 9.97 Å². The molecule has 0 aliphatic rings. The van der Waals surface area contributed by atoms with Crippen molar-refractivity contribution in [1.29, 1.82) is 0 Å². The van der Waals surface area contributed by atoms with Crippen LogP contribution in [0.15, 0.2) is 59.4 Å². The Morgan fingerprint density at radius 1 is 1.08 bits per heavy atom. The number of benzene rings is 2. The fraction of sp³-hybridized carbons (Fsp3) is 0.111. The summed E-state index contributed by atoms with van der Waals surface area (Å²) < 4.78 is 43.6. The highest BCUT2D eigenvalue weighted by Gasteiger charge is 2.30. The van der Waals surface area contributed by atoms with Gasteiger partial charge in [0, 0.05) is 17.3 Å². The van der Waals surface area contributed by atoms with E-state index in [4.69, 9.17) is 4.74 Å². The molecule has 3 aromatic rings. The van der Waals surface area contributed by atoms with E-state index in [0.717, 1.165) is 12.1 Å². The van der Waals surface area contributed by atoms with Gasteiger partial charge in [0.15, 0.2) is 0 Å². The standard InChI is InChI=1S/C18H14F3N3O2/c1-26-14-7-2-4-11(8-14)15-10-16(25)24-17(23-15)22-13-6-3-5-12(9-13)18(19,20)21/h2-10H,1H3,(H2,22,23,24,25). The van der Waals surface area contributed by atoms with Gasteiger partial charge in [-0.2, -0.15) is 13.2 Å². The number of aromatic nitrogens is 2. The number of H-pyrrole nitrogens is 1. The Labute approximate surface area is 146 Å². The molecule has 0 atom stereocenters. The molecule has 0 radical (unpaired) electrons. The number of hydrogen-bond acceptors (Lipinski definition) is 4. The molecule has 8 heteroatoms. The van der Waals surface area contributed by atoms with Crippen LogP contribution < -0.4 is 15.6 Å². The Balaban J connectivity index is 1.95. The smallest absolute Gasteiger partial charge is 0.416 e. The first-order valence-electron chi connectivity index (χ1n) is 7.55. The SMILES string of the molecule is COc1cccc(-c2cc(=O)[nH]c(Nc3cccc(C(F)(F)F)c3)n2)c1. The van der Waals surface area contributed by atoms with Gasteiger partial charge in [0.25, 0.3) is 5.56 Å². The molecule has 0 unspecified atom stereocenters. The summed E-state index contributed by atoms with van der Waals surface area (Å²) in [6, 6.07) is 12.9. The minimum atomic E-state index is -4.46. The Hall–Kier alpha value is -3.29. The van der Waals surface area contributed by atoms with E-state index in [9.17, 15) is 18.0 Å². The van der Waals surface area contributed by atoms with E-state index in [-0.39, 0.29) is 11.6 Å². The molecule has 0 aliphatic carbocycles. The average molecular weight is 361 g/mol. The molecule has 3 rings (SSSR count). The molecule has 0 amide bonds. The second-order valence-corrected chi connectivity index (χ2v) is 5.41. The van der Waals surface area contributed by atoms with E-state index in [1.54, 1.807) is 24.3 Å². The Kier molecular flexibility index (Phi) is 4.66. The predicted molar refractivity (Wildman–Crippen MR) is 91.6 cm³/mol. The molecule has 1 heterocycles. The summed E-state index contributed by atoms with van der Waals surface area (Å²) in [4.78, 5) is 18.6. The third-order valence-corrected chi connectivity index (χ3v) is 3.56. The van der Waals surface area contributed by atoms with Gasteiger partial charge in [0.05, 0.1) is 18.4 Å². The highest BCUT2D eigenvalue weighted by Crippen LogP contribution is 2.31. The minimum absolute atomic E-state index is 0.0367. The highest BCUT2D eigenvalue weighted by atomic mass is 19.4. The molecule has 1 aromatic heterocycles. The Morgan fingerprint density at radius 2 is 1.85 bits per heavy atom. The van der Waals surface area contributed by atoms with Crippen LogP contribution in [0.5, 0.6) is 5.75 Å². The van der Waals surface area contributed by atoms with Crippen LogP contribution in [-0.2, 0) is 6.18 Å². The lowest BCUT2D eigenvalue weighted by molar-refractivity contribution is -0.137. The number of halogens is 3. The molecule has 0 fully saturated rings. The molecule has 26 heavy (non-hydrogen) atoms. The molecule has 0 spiro atoms.